The van der Waals surface area contributed by atoms with Crippen LogP contribution in [0.5, 0.6) is 11.5 Å². The van der Waals surface area contributed by atoms with Crippen molar-refractivity contribution in [3.8, 4) is 11.5 Å². The number of hydrogen-bond donors (Lipinski definition) is 1. The van der Waals surface area contributed by atoms with E-state index in [0.29, 0.717) is 15.8 Å². The lowest BCUT2D eigenvalue weighted by atomic mass is 10.2. The SMILES string of the molecule is O=C(O)c1cc2cccc(Oc3ccc(C(F)(F)F)cc3)c2s1. The number of aromatic carboxylic acids is 1. The molecule has 23 heavy (non-hydrogen) atoms. The van der Waals surface area contributed by atoms with Gasteiger partial charge in [0.15, 0.2) is 0 Å². The van der Waals surface area contributed by atoms with Crippen LogP contribution in [0.25, 0.3) is 10.1 Å². The van der Waals surface area contributed by atoms with Crippen LogP contribution in [0.15, 0.2) is 48.5 Å². The lowest BCUT2D eigenvalue weighted by Gasteiger charge is -2.09. The molecule has 1 heterocycles. The highest BCUT2D eigenvalue weighted by Gasteiger charge is 2.30. The quantitative estimate of drug-likeness (QED) is 0.694. The van der Waals surface area contributed by atoms with Crippen LogP contribution >= 0.6 is 11.3 Å². The summed E-state index contributed by atoms with van der Waals surface area (Å²) in [7, 11) is 0. The van der Waals surface area contributed by atoms with Crippen LogP contribution in [0.3, 0.4) is 0 Å². The Bertz CT molecular complexity index is 866. The number of thiophene rings is 1. The van der Waals surface area contributed by atoms with E-state index in [-0.39, 0.29) is 10.6 Å². The van der Waals surface area contributed by atoms with Crippen molar-refractivity contribution in [3.63, 3.8) is 0 Å². The Kier molecular flexibility index (Phi) is 3.73. The third-order valence-electron chi connectivity index (χ3n) is 3.13. The van der Waals surface area contributed by atoms with Gasteiger partial charge in [0.05, 0.1) is 10.3 Å². The van der Waals surface area contributed by atoms with Gasteiger partial charge in [-0.2, -0.15) is 13.2 Å². The molecule has 3 nitrogen and oxygen atoms in total. The molecule has 0 saturated carbocycles. The average Bonchev–Trinajstić information content (AvgIpc) is 2.92. The number of carboxylic acid groups (broad SMARTS) is 1. The van der Waals surface area contributed by atoms with E-state index in [9.17, 15) is 18.0 Å². The molecule has 0 aliphatic heterocycles. The summed E-state index contributed by atoms with van der Waals surface area (Å²) < 4.78 is 43.8. The largest absolute Gasteiger partial charge is 0.477 e. The highest BCUT2D eigenvalue weighted by molar-refractivity contribution is 7.21. The number of carboxylic acids is 1. The molecule has 2 aromatic carbocycles. The zero-order chi connectivity index (χ0) is 16.6. The minimum Gasteiger partial charge on any atom is -0.477 e. The van der Waals surface area contributed by atoms with E-state index >= 15 is 0 Å². The third-order valence-corrected chi connectivity index (χ3v) is 4.28. The summed E-state index contributed by atoms with van der Waals surface area (Å²) in [6, 6.07) is 10.9. The first-order chi connectivity index (χ1) is 10.8. The van der Waals surface area contributed by atoms with E-state index in [4.69, 9.17) is 9.84 Å². The maximum atomic E-state index is 12.5. The molecule has 0 unspecified atom stereocenters. The Hall–Kier alpha value is -2.54. The summed E-state index contributed by atoms with van der Waals surface area (Å²) in [5, 5.41) is 9.74. The number of carbonyl (C=O) groups is 1. The van der Waals surface area contributed by atoms with E-state index in [1.807, 2.05) is 0 Å². The van der Waals surface area contributed by atoms with Crippen LogP contribution in [0.4, 0.5) is 13.2 Å². The normalized spacial score (nSPS) is 11.6. The van der Waals surface area contributed by atoms with E-state index < -0.39 is 17.7 Å². The molecule has 0 saturated heterocycles. The summed E-state index contributed by atoms with van der Waals surface area (Å²) in [6.45, 7) is 0. The number of fused-ring (bicyclic) bond motifs is 1. The number of hydrogen-bond acceptors (Lipinski definition) is 3. The van der Waals surface area contributed by atoms with Gasteiger partial charge in [-0.05, 0) is 41.8 Å². The third kappa shape index (κ3) is 3.14. The molecule has 3 rings (SSSR count). The lowest BCUT2D eigenvalue weighted by Crippen LogP contribution is -2.03. The van der Waals surface area contributed by atoms with Crippen molar-refractivity contribution in [2.45, 2.75) is 6.18 Å². The number of rotatable bonds is 3. The van der Waals surface area contributed by atoms with E-state index in [1.165, 1.54) is 18.2 Å². The van der Waals surface area contributed by atoms with Crippen molar-refractivity contribution < 1.29 is 27.8 Å². The second-order valence-corrected chi connectivity index (χ2v) is 5.77. The molecule has 0 fully saturated rings. The highest BCUT2D eigenvalue weighted by Crippen LogP contribution is 2.37. The van der Waals surface area contributed by atoms with E-state index in [0.717, 1.165) is 23.5 Å². The van der Waals surface area contributed by atoms with Gasteiger partial charge in [-0.15, -0.1) is 11.3 Å². The second-order valence-electron chi connectivity index (χ2n) is 4.71. The van der Waals surface area contributed by atoms with Crippen LogP contribution in [0, 0.1) is 0 Å². The van der Waals surface area contributed by atoms with Gasteiger partial charge in [-0.1, -0.05) is 12.1 Å². The van der Waals surface area contributed by atoms with Crippen LogP contribution < -0.4 is 4.74 Å². The Morgan fingerprint density at radius 1 is 1.09 bits per heavy atom. The first kappa shape index (κ1) is 15.4. The van der Waals surface area contributed by atoms with Crippen LogP contribution in [0.1, 0.15) is 15.2 Å². The molecule has 0 radical (unpaired) electrons. The molecule has 3 aromatic rings. The maximum Gasteiger partial charge on any atom is 0.416 e. The van der Waals surface area contributed by atoms with Crippen LogP contribution in [0.2, 0.25) is 0 Å². The molecule has 0 aliphatic carbocycles. The first-order valence-corrected chi connectivity index (χ1v) is 7.27. The van der Waals surface area contributed by atoms with Gasteiger partial charge in [-0.3, -0.25) is 0 Å². The molecular weight excluding hydrogens is 329 g/mol. The van der Waals surface area contributed by atoms with E-state index in [2.05, 4.69) is 0 Å². The smallest absolute Gasteiger partial charge is 0.416 e. The highest BCUT2D eigenvalue weighted by atomic mass is 32.1. The summed E-state index contributed by atoms with van der Waals surface area (Å²) >= 11 is 1.05. The topological polar surface area (TPSA) is 46.5 Å². The number of alkyl halides is 3. The molecule has 0 aliphatic rings. The van der Waals surface area contributed by atoms with Crippen molar-refractivity contribution in [3.05, 3.63) is 59.0 Å². The first-order valence-electron chi connectivity index (χ1n) is 6.45. The van der Waals surface area contributed by atoms with E-state index in [1.54, 1.807) is 18.2 Å². The monoisotopic (exact) mass is 338 g/mol. The fourth-order valence-electron chi connectivity index (χ4n) is 2.06. The predicted molar refractivity (Wildman–Crippen MR) is 80.3 cm³/mol. The molecule has 7 heteroatoms. The summed E-state index contributed by atoms with van der Waals surface area (Å²) in [6.07, 6.45) is -4.40. The van der Waals surface area contributed by atoms with Crippen molar-refractivity contribution in [2.75, 3.05) is 0 Å². The molecule has 0 amide bonds. The van der Waals surface area contributed by atoms with Gasteiger partial charge >= 0.3 is 12.1 Å². The van der Waals surface area contributed by atoms with Gasteiger partial charge < -0.3 is 9.84 Å². The molecule has 0 atom stereocenters. The van der Waals surface area contributed by atoms with Gasteiger partial charge in [0.25, 0.3) is 0 Å². The molecule has 0 bridgehead atoms. The summed E-state index contributed by atoms with van der Waals surface area (Å²) in [4.78, 5) is 11.2. The van der Waals surface area contributed by atoms with Crippen molar-refractivity contribution in [1.82, 2.24) is 0 Å². The second kappa shape index (κ2) is 5.58. The van der Waals surface area contributed by atoms with Crippen molar-refractivity contribution in [1.29, 1.82) is 0 Å². The fraction of sp³-hybridized carbons (Fsp3) is 0.0625. The summed E-state index contributed by atoms with van der Waals surface area (Å²) in [5.41, 5.74) is -0.757. The Morgan fingerprint density at radius 3 is 2.39 bits per heavy atom. The molecule has 1 aromatic heterocycles. The molecule has 118 valence electrons. The van der Waals surface area contributed by atoms with Gasteiger partial charge in [0.2, 0.25) is 0 Å². The zero-order valence-electron chi connectivity index (χ0n) is 11.4. The number of halogens is 3. The van der Waals surface area contributed by atoms with Gasteiger partial charge in [-0.25, -0.2) is 4.79 Å². The fourth-order valence-corrected chi connectivity index (χ4v) is 3.01. The minimum absolute atomic E-state index is 0.170. The number of ether oxygens (including phenoxy) is 1. The molecule has 0 spiro atoms. The van der Waals surface area contributed by atoms with Crippen LogP contribution in [-0.4, -0.2) is 11.1 Å². The Labute approximate surface area is 132 Å². The zero-order valence-corrected chi connectivity index (χ0v) is 12.2. The minimum atomic E-state index is -4.40. The van der Waals surface area contributed by atoms with Crippen molar-refractivity contribution in [2.24, 2.45) is 0 Å². The van der Waals surface area contributed by atoms with Gasteiger partial charge in [0.1, 0.15) is 16.4 Å². The lowest BCUT2D eigenvalue weighted by molar-refractivity contribution is -0.137. The molecular formula is C16H9F3O3S. The Morgan fingerprint density at radius 2 is 1.78 bits per heavy atom. The van der Waals surface area contributed by atoms with Crippen molar-refractivity contribution >= 4 is 27.4 Å². The average molecular weight is 338 g/mol. The maximum absolute atomic E-state index is 12.5. The molecule has 1 N–H and O–H groups in total. The standard InChI is InChI=1S/C16H9F3O3S/c17-16(18,19)10-4-6-11(7-5-10)22-12-3-1-2-9-8-13(15(20)21)23-14(9)12/h1-8H,(H,20,21). The Balaban J connectivity index is 1.93. The predicted octanol–water partition coefficient (Wildman–Crippen LogP) is 5.41. The van der Waals surface area contributed by atoms with Crippen LogP contribution in [-0.2, 0) is 6.18 Å². The summed E-state index contributed by atoms with van der Waals surface area (Å²) in [5.74, 6) is -0.387. The number of benzene rings is 2. The van der Waals surface area contributed by atoms with Gasteiger partial charge in [0, 0.05) is 0 Å².